The van der Waals surface area contributed by atoms with Gasteiger partial charge in [-0.05, 0) is 6.07 Å². The maximum Gasteiger partial charge on any atom is 0.352 e. The topological polar surface area (TPSA) is 84.4 Å². The number of hydrogen-bond donors (Lipinski definition) is 2. The van der Waals surface area contributed by atoms with Crippen LogP contribution in [-0.4, -0.2) is 40.9 Å². The molecule has 2 aromatic rings. The number of aromatic nitrogens is 2. The van der Waals surface area contributed by atoms with Crippen LogP contribution in [0, 0.1) is 0 Å². The molecule has 1 fully saturated rings. The zero-order valence-corrected chi connectivity index (χ0v) is 10.8. The lowest BCUT2D eigenvalue weighted by atomic mass is 10.2. The Morgan fingerprint density at radius 1 is 1.53 bits per heavy atom. The van der Waals surface area contributed by atoms with E-state index in [0.29, 0.717) is 19.8 Å². The molecule has 3 heterocycles. The van der Waals surface area contributed by atoms with Crippen molar-refractivity contribution in [2.24, 2.45) is 0 Å². The van der Waals surface area contributed by atoms with Crippen molar-refractivity contribution in [3.63, 3.8) is 0 Å². The number of hydrogen-bond acceptors (Lipinski definition) is 5. The molecule has 0 saturated carbocycles. The van der Waals surface area contributed by atoms with E-state index >= 15 is 0 Å². The molecule has 0 radical (unpaired) electrons. The number of carbonyl (C=O) groups is 1. The van der Waals surface area contributed by atoms with E-state index in [4.69, 9.17) is 14.6 Å². The summed E-state index contributed by atoms with van der Waals surface area (Å²) in [6.45, 7) is 1.71. The Hall–Kier alpha value is -1.70. The van der Waals surface area contributed by atoms with Crippen molar-refractivity contribution >= 4 is 17.3 Å². The largest absolute Gasteiger partial charge is 0.477 e. The van der Waals surface area contributed by atoms with E-state index in [2.05, 4.69) is 9.97 Å². The fourth-order valence-electron chi connectivity index (χ4n) is 1.86. The zero-order valence-electron chi connectivity index (χ0n) is 9.96. The maximum atomic E-state index is 10.8. The first kappa shape index (κ1) is 12.3. The number of thiazole rings is 1. The van der Waals surface area contributed by atoms with Crippen molar-refractivity contribution in [2.45, 2.75) is 6.10 Å². The molecule has 7 heteroatoms. The summed E-state index contributed by atoms with van der Waals surface area (Å²) in [5, 5.41) is 11.6. The monoisotopic (exact) mass is 280 g/mol. The second kappa shape index (κ2) is 5.12. The Kier molecular flexibility index (Phi) is 3.33. The highest BCUT2D eigenvalue weighted by Crippen LogP contribution is 2.29. The quantitative estimate of drug-likeness (QED) is 0.897. The zero-order chi connectivity index (χ0) is 13.2. The third-order valence-corrected chi connectivity index (χ3v) is 3.76. The fraction of sp³-hybridized carbons (Fsp3) is 0.333. The first-order valence-corrected chi connectivity index (χ1v) is 6.69. The van der Waals surface area contributed by atoms with Crippen molar-refractivity contribution in [3.8, 4) is 11.3 Å². The van der Waals surface area contributed by atoms with Gasteiger partial charge in [0.2, 0.25) is 0 Å². The number of carboxylic acid groups (broad SMARTS) is 1. The normalized spacial score (nSPS) is 19.5. The molecule has 2 N–H and O–H groups in total. The summed E-state index contributed by atoms with van der Waals surface area (Å²) in [6.07, 6.45) is 1.52. The van der Waals surface area contributed by atoms with Crippen LogP contribution < -0.4 is 0 Å². The average Bonchev–Trinajstić information content (AvgIpc) is 3.09. The molecule has 0 amide bonds. The van der Waals surface area contributed by atoms with Gasteiger partial charge in [-0.2, -0.15) is 0 Å². The lowest BCUT2D eigenvalue weighted by Gasteiger charge is -2.20. The molecule has 1 saturated heterocycles. The van der Waals surface area contributed by atoms with E-state index in [1.165, 1.54) is 11.3 Å². The number of nitrogens with one attached hydrogen (secondary N) is 1. The number of ether oxygens (including phenoxy) is 2. The fourth-order valence-corrected chi connectivity index (χ4v) is 2.72. The lowest BCUT2D eigenvalue weighted by molar-refractivity contribution is -0.0901. The molecule has 1 aliphatic rings. The first-order valence-electron chi connectivity index (χ1n) is 5.81. The van der Waals surface area contributed by atoms with E-state index in [1.54, 1.807) is 12.3 Å². The molecule has 3 rings (SSSR count). The second-order valence-corrected chi connectivity index (χ2v) is 5.00. The van der Waals surface area contributed by atoms with Gasteiger partial charge >= 0.3 is 5.97 Å². The highest BCUT2D eigenvalue weighted by molar-refractivity contribution is 7.10. The van der Waals surface area contributed by atoms with E-state index in [9.17, 15) is 4.79 Å². The minimum absolute atomic E-state index is 0.120. The minimum Gasteiger partial charge on any atom is -0.477 e. The van der Waals surface area contributed by atoms with Gasteiger partial charge < -0.3 is 19.6 Å². The van der Waals surface area contributed by atoms with Gasteiger partial charge in [0.05, 0.1) is 25.5 Å². The van der Waals surface area contributed by atoms with Gasteiger partial charge in [0.1, 0.15) is 16.8 Å². The summed E-state index contributed by atoms with van der Waals surface area (Å²) in [6, 6.07) is 1.57. The van der Waals surface area contributed by atoms with Crippen LogP contribution in [0.5, 0.6) is 0 Å². The van der Waals surface area contributed by atoms with Crippen LogP contribution in [0.25, 0.3) is 11.3 Å². The van der Waals surface area contributed by atoms with Crippen molar-refractivity contribution < 1.29 is 19.4 Å². The van der Waals surface area contributed by atoms with Gasteiger partial charge in [-0.15, -0.1) is 11.3 Å². The summed E-state index contributed by atoms with van der Waals surface area (Å²) >= 11 is 1.49. The summed E-state index contributed by atoms with van der Waals surface area (Å²) in [5.41, 5.74) is 1.66. The Balaban J connectivity index is 1.81. The van der Waals surface area contributed by atoms with Crippen LogP contribution >= 0.6 is 11.3 Å². The van der Waals surface area contributed by atoms with Crippen LogP contribution in [0.1, 0.15) is 21.6 Å². The summed E-state index contributed by atoms with van der Waals surface area (Å²) in [7, 11) is 0. The van der Waals surface area contributed by atoms with Crippen molar-refractivity contribution in [1.82, 2.24) is 9.97 Å². The number of aromatic amines is 1. The average molecular weight is 280 g/mol. The molecule has 1 atom stereocenters. The molecule has 2 aromatic heterocycles. The smallest absolute Gasteiger partial charge is 0.352 e. The SMILES string of the molecule is O=C(O)c1cc(-c2csc(C3COCCO3)n2)c[nH]1. The molecule has 1 unspecified atom stereocenters. The highest BCUT2D eigenvalue weighted by Gasteiger charge is 2.20. The van der Waals surface area contributed by atoms with Gasteiger partial charge in [0.15, 0.2) is 0 Å². The third kappa shape index (κ3) is 2.53. The molecule has 1 aliphatic heterocycles. The van der Waals surface area contributed by atoms with Crippen molar-refractivity contribution in [3.05, 3.63) is 28.3 Å². The van der Waals surface area contributed by atoms with Crippen LogP contribution in [0.3, 0.4) is 0 Å². The second-order valence-electron chi connectivity index (χ2n) is 4.11. The number of aromatic carboxylic acids is 1. The van der Waals surface area contributed by atoms with Crippen LogP contribution in [0.15, 0.2) is 17.6 Å². The molecular weight excluding hydrogens is 268 g/mol. The van der Waals surface area contributed by atoms with E-state index in [-0.39, 0.29) is 11.8 Å². The summed E-state index contributed by atoms with van der Waals surface area (Å²) in [5.74, 6) is -0.981. The molecule has 0 bridgehead atoms. The third-order valence-electron chi connectivity index (χ3n) is 2.82. The Bertz CT molecular complexity index is 586. The lowest BCUT2D eigenvalue weighted by Crippen LogP contribution is -2.21. The number of carboxylic acids is 1. The predicted octanol–water partition coefficient (Wildman–Crippen LogP) is 1.92. The van der Waals surface area contributed by atoms with Gasteiger partial charge in [-0.1, -0.05) is 0 Å². The molecule has 0 spiro atoms. The number of H-pyrrole nitrogens is 1. The Morgan fingerprint density at radius 2 is 2.42 bits per heavy atom. The van der Waals surface area contributed by atoms with Gasteiger partial charge in [-0.25, -0.2) is 9.78 Å². The molecule has 0 aromatic carbocycles. The number of rotatable bonds is 3. The minimum atomic E-state index is -0.981. The van der Waals surface area contributed by atoms with Crippen LogP contribution in [0.4, 0.5) is 0 Å². The van der Waals surface area contributed by atoms with Gasteiger partial charge in [-0.3, -0.25) is 0 Å². The first-order chi connectivity index (χ1) is 9.24. The predicted molar refractivity (Wildman–Crippen MR) is 68.4 cm³/mol. The van der Waals surface area contributed by atoms with Gasteiger partial charge in [0, 0.05) is 17.1 Å². The molecule has 0 aliphatic carbocycles. The number of nitrogens with zero attached hydrogens (tertiary/aromatic N) is 1. The van der Waals surface area contributed by atoms with Gasteiger partial charge in [0.25, 0.3) is 0 Å². The highest BCUT2D eigenvalue weighted by atomic mass is 32.1. The Morgan fingerprint density at radius 3 is 3.11 bits per heavy atom. The molecule has 6 nitrogen and oxygen atoms in total. The van der Waals surface area contributed by atoms with Crippen LogP contribution in [-0.2, 0) is 9.47 Å². The van der Waals surface area contributed by atoms with E-state index in [0.717, 1.165) is 16.3 Å². The van der Waals surface area contributed by atoms with Crippen LogP contribution in [0.2, 0.25) is 0 Å². The standard InChI is InChI=1S/C12H12N2O4S/c15-12(16)8-3-7(4-13-8)9-6-19-11(14-9)10-5-17-1-2-18-10/h3-4,6,10,13H,1-2,5H2,(H,15,16). The molecule has 19 heavy (non-hydrogen) atoms. The Labute approximate surface area is 113 Å². The molecule has 100 valence electrons. The summed E-state index contributed by atoms with van der Waals surface area (Å²) < 4.78 is 10.9. The maximum absolute atomic E-state index is 10.8. The summed E-state index contributed by atoms with van der Waals surface area (Å²) in [4.78, 5) is 18.0. The van der Waals surface area contributed by atoms with E-state index < -0.39 is 5.97 Å². The molecular formula is C12H12N2O4S. The van der Waals surface area contributed by atoms with Crippen molar-refractivity contribution in [1.29, 1.82) is 0 Å². The van der Waals surface area contributed by atoms with E-state index in [1.807, 2.05) is 5.38 Å². The van der Waals surface area contributed by atoms with Crippen molar-refractivity contribution in [2.75, 3.05) is 19.8 Å².